The highest BCUT2D eigenvalue weighted by atomic mass is 32.2. The van der Waals surface area contributed by atoms with Gasteiger partial charge in [-0.15, -0.1) is 11.3 Å². The van der Waals surface area contributed by atoms with Crippen molar-refractivity contribution in [2.45, 2.75) is 17.3 Å². The molecule has 10 heteroatoms. The summed E-state index contributed by atoms with van der Waals surface area (Å²) in [6.45, 7) is 1.80. The van der Waals surface area contributed by atoms with Crippen LogP contribution in [0.1, 0.15) is 27.6 Å². The van der Waals surface area contributed by atoms with E-state index in [2.05, 4.69) is 4.98 Å². The summed E-state index contributed by atoms with van der Waals surface area (Å²) in [5.74, 6) is -1.70. The molecule has 2 aliphatic rings. The van der Waals surface area contributed by atoms with E-state index < -0.39 is 29.7 Å². The molecule has 3 amide bonds. The number of carbonyl (C=O) groups is 4. The highest BCUT2D eigenvalue weighted by Crippen LogP contribution is 2.34. The van der Waals surface area contributed by atoms with E-state index in [0.717, 1.165) is 19.5 Å². The van der Waals surface area contributed by atoms with Gasteiger partial charge in [-0.3, -0.25) is 19.3 Å². The number of fused-ring (bicyclic) bond motifs is 2. The third kappa shape index (κ3) is 3.59. The molecule has 0 spiro atoms. The first kappa shape index (κ1) is 22.3. The van der Waals surface area contributed by atoms with Gasteiger partial charge in [0.15, 0.2) is 4.34 Å². The number of hydrogen-bond acceptors (Lipinski definition) is 8. The van der Waals surface area contributed by atoms with Gasteiger partial charge in [-0.2, -0.15) is 0 Å². The van der Waals surface area contributed by atoms with Crippen molar-refractivity contribution in [3.8, 4) is 0 Å². The standard InChI is InChI=1S/C24H19N3O5S2/c1-13(12-33-24-25-16-9-5-6-10-18(16)34-24)19(23(31)32-2)26-11-17(22(26)30)27-20(28)14-7-3-4-8-15(14)21(27)29/h3-10,17H,11-12H2,1-2H3. The summed E-state index contributed by atoms with van der Waals surface area (Å²) in [4.78, 5) is 58.0. The molecule has 1 fully saturated rings. The zero-order chi connectivity index (χ0) is 24.0. The molecule has 0 saturated carbocycles. The number of amides is 3. The quantitative estimate of drug-likeness (QED) is 0.171. The number of thiazole rings is 1. The summed E-state index contributed by atoms with van der Waals surface area (Å²) in [6.07, 6.45) is 0. The Balaban J connectivity index is 1.34. The van der Waals surface area contributed by atoms with Crippen molar-refractivity contribution in [3.05, 3.63) is 70.9 Å². The second-order valence-corrected chi connectivity index (χ2v) is 10.1. The lowest BCUT2D eigenvalue weighted by Gasteiger charge is -2.42. The fourth-order valence-corrected chi connectivity index (χ4v) is 6.07. The number of likely N-dealkylation sites (tertiary alicyclic amines) is 1. The van der Waals surface area contributed by atoms with Crippen LogP contribution in [0.25, 0.3) is 10.2 Å². The number of rotatable bonds is 6. The summed E-state index contributed by atoms with van der Waals surface area (Å²) in [5, 5.41) is 0. The average Bonchev–Trinajstić information content (AvgIpc) is 3.38. The van der Waals surface area contributed by atoms with Gasteiger partial charge in [-0.25, -0.2) is 9.78 Å². The first-order valence-electron chi connectivity index (χ1n) is 10.5. The maximum atomic E-state index is 13.1. The number of aromatic nitrogens is 1. The molecule has 0 bridgehead atoms. The molecule has 1 aromatic heterocycles. The van der Waals surface area contributed by atoms with E-state index in [1.54, 1.807) is 42.5 Å². The summed E-state index contributed by atoms with van der Waals surface area (Å²) in [5.41, 5.74) is 2.25. The monoisotopic (exact) mass is 493 g/mol. The number of β-lactam (4-membered cyclic amide) rings is 1. The fourth-order valence-electron chi connectivity index (χ4n) is 4.06. The van der Waals surface area contributed by atoms with Gasteiger partial charge in [-0.05, 0) is 36.8 Å². The predicted octanol–water partition coefficient (Wildman–Crippen LogP) is 3.34. The lowest BCUT2D eigenvalue weighted by atomic mass is 10.0. The minimum absolute atomic E-state index is 0.0396. The van der Waals surface area contributed by atoms with E-state index >= 15 is 0 Å². The van der Waals surface area contributed by atoms with Crippen LogP contribution in [0.4, 0.5) is 0 Å². The lowest BCUT2D eigenvalue weighted by molar-refractivity contribution is -0.151. The zero-order valence-electron chi connectivity index (χ0n) is 18.3. The van der Waals surface area contributed by atoms with Crippen molar-refractivity contribution in [1.82, 2.24) is 14.8 Å². The van der Waals surface area contributed by atoms with Crippen LogP contribution in [0.15, 0.2) is 64.1 Å². The molecule has 1 unspecified atom stereocenters. The second-order valence-electron chi connectivity index (χ2n) is 7.85. The summed E-state index contributed by atoms with van der Waals surface area (Å²) in [6, 6.07) is 13.4. The molecule has 2 aliphatic heterocycles. The van der Waals surface area contributed by atoms with Gasteiger partial charge in [0.25, 0.3) is 17.7 Å². The molecule has 3 heterocycles. The minimum Gasteiger partial charge on any atom is -0.464 e. The first-order chi connectivity index (χ1) is 16.4. The maximum Gasteiger partial charge on any atom is 0.354 e. The Morgan fingerprint density at radius 1 is 1.09 bits per heavy atom. The van der Waals surface area contributed by atoms with Crippen molar-refractivity contribution in [2.24, 2.45) is 0 Å². The molecule has 34 heavy (non-hydrogen) atoms. The molecular formula is C24H19N3O5S2. The van der Waals surface area contributed by atoms with Gasteiger partial charge in [-0.1, -0.05) is 36.0 Å². The number of benzene rings is 2. The van der Waals surface area contributed by atoms with E-state index in [1.807, 2.05) is 24.3 Å². The molecule has 0 N–H and O–H groups in total. The molecule has 5 rings (SSSR count). The van der Waals surface area contributed by atoms with E-state index in [9.17, 15) is 19.2 Å². The third-order valence-electron chi connectivity index (χ3n) is 5.78. The number of carbonyl (C=O) groups excluding carboxylic acids is 4. The van der Waals surface area contributed by atoms with E-state index in [4.69, 9.17) is 4.74 Å². The van der Waals surface area contributed by atoms with E-state index in [1.165, 1.54) is 23.8 Å². The van der Waals surface area contributed by atoms with Crippen LogP contribution in [0.5, 0.6) is 0 Å². The number of para-hydroxylation sites is 1. The lowest BCUT2D eigenvalue weighted by Crippen LogP contribution is -2.65. The van der Waals surface area contributed by atoms with Crippen molar-refractivity contribution < 1.29 is 23.9 Å². The molecule has 0 aliphatic carbocycles. The van der Waals surface area contributed by atoms with E-state index in [0.29, 0.717) is 11.3 Å². The number of ether oxygens (including phenoxy) is 1. The third-order valence-corrected chi connectivity index (χ3v) is 8.13. The normalized spacial score (nSPS) is 18.2. The highest BCUT2D eigenvalue weighted by Gasteiger charge is 2.51. The minimum atomic E-state index is -0.947. The Kier molecular flexibility index (Phi) is 5.70. The number of nitrogens with zero attached hydrogens (tertiary/aromatic N) is 3. The van der Waals surface area contributed by atoms with E-state index in [-0.39, 0.29) is 23.4 Å². The van der Waals surface area contributed by atoms with Crippen molar-refractivity contribution in [3.63, 3.8) is 0 Å². The molecular weight excluding hydrogens is 474 g/mol. The molecule has 1 saturated heterocycles. The Bertz CT molecular complexity index is 1330. The number of thioether (sulfide) groups is 1. The molecule has 0 radical (unpaired) electrons. The Morgan fingerprint density at radius 3 is 2.35 bits per heavy atom. The van der Waals surface area contributed by atoms with Crippen molar-refractivity contribution in [2.75, 3.05) is 19.4 Å². The largest absolute Gasteiger partial charge is 0.464 e. The van der Waals surface area contributed by atoms with Gasteiger partial charge in [0.1, 0.15) is 11.7 Å². The van der Waals surface area contributed by atoms with Crippen molar-refractivity contribution in [1.29, 1.82) is 0 Å². The Labute approximate surface area is 203 Å². The second kappa shape index (κ2) is 8.69. The highest BCUT2D eigenvalue weighted by molar-refractivity contribution is 8.01. The molecule has 3 aromatic rings. The molecule has 172 valence electrons. The zero-order valence-corrected chi connectivity index (χ0v) is 19.9. The summed E-state index contributed by atoms with van der Waals surface area (Å²) < 4.78 is 6.85. The average molecular weight is 494 g/mol. The van der Waals surface area contributed by atoms with Gasteiger partial charge in [0.2, 0.25) is 0 Å². The first-order valence-corrected chi connectivity index (χ1v) is 12.3. The summed E-state index contributed by atoms with van der Waals surface area (Å²) >= 11 is 3.02. The van der Waals surface area contributed by atoms with Crippen LogP contribution in [-0.4, -0.2) is 63.9 Å². The van der Waals surface area contributed by atoms with Crippen LogP contribution in [-0.2, 0) is 14.3 Å². The SMILES string of the molecule is COC(=O)C(=C(C)CSc1nc2ccccc2s1)N1CC(N2C(=O)c3ccccc3C2=O)C1=O. The Hall–Kier alpha value is -3.50. The van der Waals surface area contributed by atoms with Gasteiger partial charge in [0.05, 0.1) is 35.0 Å². The topological polar surface area (TPSA) is 96.9 Å². The number of esters is 1. The maximum absolute atomic E-state index is 13.1. The molecule has 1 atom stereocenters. The number of hydrogen-bond donors (Lipinski definition) is 0. The Morgan fingerprint density at radius 2 is 1.74 bits per heavy atom. The number of methoxy groups -OCH3 is 1. The molecule has 8 nitrogen and oxygen atoms in total. The van der Waals surface area contributed by atoms with Gasteiger partial charge in [0, 0.05) is 5.75 Å². The number of imide groups is 1. The van der Waals surface area contributed by atoms with Crippen LogP contribution < -0.4 is 0 Å². The fraction of sp³-hybridized carbons (Fsp3) is 0.208. The van der Waals surface area contributed by atoms with Crippen molar-refractivity contribution >= 4 is 57.0 Å². The smallest absolute Gasteiger partial charge is 0.354 e. The van der Waals surface area contributed by atoms with Crippen LogP contribution >= 0.6 is 23.1 Å². The van der Waals surface area contributed by atoms with Crippen LogP contribution in [0, 0.1) is 0 Å². The van der Waals surface area contributed by atoms with Crippen LogP contribution in [0.2, 0.25) is 0 Å². The predicted molar refractivity (Wildman–Crippen MR) is 128 cm³/mol. The van der Waals surface area contributed by atoms with Gasteiger partial charge < -0.3 is 9.64 Å². The summed E-state index contributed by atoms with van der Waals surface area (Å²) in [7, 11) is 1.25. The van der Waals surface area contributed by atoms with Gasteiger partial charge >= 0.3 is 5.97 Å². The van der Waals surface area contributed by atoms with Crippen LogP contribution in [0.3, 0.4) is 0 Å². The molecule has 2 aromatic carbocycles.